The van der Waals surface area contributed by atoms with E-state index in [1.54, 1.807) is 18.2 Å². The molecule has 1 amide bonds. The zero-order valence-corrected chi connectivity index (χ0v) is 15.3. The van der Waals surface area contributed by atoms with Crippen LogP contribution in [0.4, 0.5) is 0 Å². The summed E-state index contributed by atoms with van der Waals surface area (Å²) in [6.45, 7) is 1.63. The maximum absolute atomic E-state index is 11.7. The molecule has 0 saturated heterocycles. The van der Waals surface area contributed by atoms with E-state index in [2.05, 4.69) is 26.5 Å². The lowest BCUT2D eigenvalue weighted by Crippen LogP contribution is -2.25. The van der Waals surface area contributed by atoms with E-state index in [4.69, 9.17) is 27.9 Å². The van der Waals surface area contributed by atoms with Crippen LogP contribution in [-0.2, 0) is 4.79 Å². The highest BCUT2D eigenvalue weighted by atomic mass is 79.9. The molecule has 0 radical (unpaired) electrons. The molecule has 0 saturated carbocycles. The van der Waals surface area contributed by atoms with Crippen molar-refractivity contribution in [3.05, 3.63) is 49.0 Å². The standard InChI is InChI=1S/C14H11BrCl2N2O2S/c1-8(12-4-5-13(15)22-12)18-19-14(20)7-21-11-3-2-9(16)6-10(11)17/h2-6H,7H2,1H3,(H,19,20)/b18-8+. The Bertz CT molecular complexity index is 719. The number of carbonyl (C=O) groups is 1. The van der Waals surface area contributed by atoms with Crippen molar-refractivity contribution in [3.8, 4) is 5.75 Å². The molecule has 1 aromatic heterocycles. The molecule has 0 aliphatic heterocycles. The number of carbonyl (C=O) groups excluding carboxylic acids is 1. The number of rotatable bonds is 5. The Hall–Kier alpha value is -1.08. The molecule has 1 N–H and O–H groups in total. The van der Waals surface area contributed by atoms with Gasteiger partial charge in [0.1, 0.15) is 5.75 Å². The van der Waals surface area contributed by atoms with Gasteiger partial charge in [-0.3, -0.25) is 4.79 Å². The number of hydrogen-bond donors (Lipinski definition) is 1. The Morgan fingerprint density at radius 2 is 2.14 bits per heavy atom. The largest absolute Gasteiger partial charge is 0.482 e. The number of benzene rings is 1. The minimum Gasteiger partial charge on any atom is -0.482 e. The Morgan fingerprint density at radius 1 is 1.36 bits per heavy atom. The van der Waals surface area contributed by atoms with Crippen LogP contribution in [0.25, 0.3) is 0 Å². The van der Waals surface area contributed by atoms with Crippen LogP contribution in [0.3, 0.4) is 0 Å². The summed E-state index contributed by atoms with van der Waals surface area (Å²) in [6, 6.07) is 8.64. The molecule has 116 valence electrons. The number of nitrogens with zero attached hydrogens (tertiary/aromatic N) is 1. The van der Waals surface area contributed by atoms with Crippen molar-refractivity contribution < 1.29 is 9.53 Å². The number of hydrogen-bond acceptors (Lipinski definition) is 4. The van der Waals surface area contributed by atoms with E-state index in [0.717, 1.165) is 8.66 Å². The molecule has 0 aliphatic carbocycles. The molecule has 0 unspecified atom stereocenters. The van der Waals surface area contributed by atoms with Crippen LogP contribution in [0, 0.1) is 0 Å². The second-order valence-electron chi connectivity index (χ2n) is 4.20. The molecule has 0 aliphatic rings. The van der Waals surface area contributed by atoms with Crippen molar-refractivity contribution in [2.24, 2.45) is 5.10 Å². The fourth-order valence-electron chi connectivity index (χ4n) is 1.48. The molecule has 4 nitrogen and oxygen atoms in total. The van der Waals surface area contributed by atoms with Crippen LogP contribution >= 0.6 is 50.5 Å². The minimum atomic E-state index is -0.374. The lowest BCUT2D eigenvalue weighted by molar-refractivity contribution is -0.123. The van der Waals surface area contributed by atoms with Gasteiger partial charge in [-0.1, -0.05) is 23.2 Å². The Balaban J connectivity index is 1.88. The normalized spacial score (nSPS) is 11.4. The Labute approximate surface area is 150 Å². The molecule has 0 spiro atoms. The third kappa shape index (κ3) is 4.98. The third-order valence-electron chi connectivity index (χ3n) is 2.53. The molecule has 8 heteroatoms. The SMILES string of the molecule is C/C(=N\NC(=O)COc1ccc(Cl)cc1Cl)c1ccc(Br)s1. The maximum atomic E-state index is 11.7. The molecule has 1 aromatic carbocycles. The van der Waals surface area contributed by atoms with Gasteiger partial charge in [0.15, 0.2) is 6.61 Å². The summed E-state index contributed by atoms with van der Waals surface area (Å²) in [6.07, 6.45) is 0. The fourth-order valence-corrected chi connectivity index (χ4v) is 3.27. The smallest absolute Gasteiger partial charge is 0.277 e. The van der Waals surface area contributed by atoms with Crippen LogP contribution in [0.15, 0.2) is 39.2 Å². The van der Waals surface area contributed by atoms with Crippen molar-refractivity contribution in [2.75, 3.05) is 6.61 Å². The van der Waals surface area contributed by atoms with Gasteiger partial charge in [-0.15, -0.1) is 11.3 Å². The van der Waals surface area contributed by atoms with Gasteiger partial charge in [-0.05, 0) is 53.2 Å². The van der Waals surface area contributed by atoms with E-state index < -0.39 is 0 Å². The summed E-state index contributed by atoms with van der Waals surface area (Å²) in [5, 5.41) is 4.88. The van der Waals surface area contributed by atoms with Crippen LogP contribution in [0.5, 0.6) is 5.75 Å². The highest BCUT2D eigenvalue weighted by Crippen LogP contribution is 2.27. The van der Waals surface area contributed by atoms with Gasteiger partial charge >= 0.3 is 0 Å². The van der Waals surface area contributed by atoms with Crippen molar-refractivity contribution in [3.63, 3.8) is 0 Å². The van der Waals surface area contributed by atoms with Crippen molar-refractivity contribution in [2.45, 2.75) is 6.92 Å². The van der Waals surface area contributed by atoms with Crippen molar-refractivity contribution in [1.29, 1.82) is 0 Å². The summed E-state index contributed by atoms with van der Waals surface area (Å²) < 4.78 is 6.32. The second-order valence-corrected chi connectivity index (χ2v) is 7.51. The molecule has 2 rings (SSSR count). The number of thiophene rings is 1. The zero-order valence-electron chi connectivity index (χ0n) is 11.4. The van der Waals surface area contributed by atoms with E-state index in [9.17, 15) is 4.79 Å². The van der Waals surface area contributed by atoms with Gasteiger partial charge in [-0.25, -0.2) is 5.43 Å². The lowest BCUT2D eigenvalue weighted by Gasteiger charge is -2.07. The fraction of sp³-hybridized carbons (Fsp3) is 0.143. The maximum Gasteiger partial charge on any atom is 0.277 e. The molecule has 0 atom stereocenters. The third-order valence-corrected chi connectivity index (χ3v) is 4.79. The van der Waals surface area contributed by atoms with Crippen molar-refractivity contribution >= 4 is 62.1 Å². The predicted octanol–water partition coefficient (Wildman–Crippen LogP) is 4.74. The molecule has 2 aromatic rings. The van der Waals surface area contributed by atoms with Crippen LogP contribution < -0.4 is 10.2 Å². The Morgan fingerprint density at radius 3 is 2.77 bits per heavy atom. The highest BCUT2D eigenvalue weighted by molar-refractivity contribution is 9.11. The number of halogens is 3. The summed E-state index contributed by atoms with van der Waals surface area (Å²) in [5.74, 6) is 0.0186. The highest BCUT2D eigenvalue weighted by Gasteiger charge is 2.07. The molecular formula is C14H11BrCl2N2O2S. The minimum absolute atomic E-state index is 0.188. The van der Waals surface area contributed by atoms with Crippen molar-refractivity contribution in [1.82, 2.24) is 5.43 Å². The van der Waals surface area contributed by atoms with Gasteiger partial charge < -0.3 is 4.74 Å². The lowest BCUT2D eigenvalue weighted by atomic mass is 10.3. The zero-order chi connectivity index (χ0) is 16.1. The first-order valence-corrected chi connectivity index (χ1v) is 8.49. The van der Waals surface area contributed by atoms with E-state index in [-0.39, 0.29) is 12.5 Å². The van der Waals surface area contributed by atoms with E-state index in [0.29, 0.717) is 21.5 Å². The summed E-state index contributed by atoms with van der Waals surface area (Å²) in [7, 11) is 0. The van der Waals surface area contributed by atoms with E-state index >= 15 is 0 Å². The van der Waals surface area contributed by atoms with Gasteiger partial charge in [0.25, 0.3) is 5.91 Å². The van der Waals surface area contributed by atoms with Gasteiger partial charge in [-0.2, -0.15) is 5.10 Å². The van der Waals surface area contributed by atoms with Gasteiger partial charge in [0.05, 0.1) is 19.4 Å². The van der Waals surface area contributed by atoms with E-state index in [1.165, 1.54) is 11.3 Å². The van der Waals surface area contributed by atoms with Crippen LogP contribution in [0.2, 0.25) is 10.0 Å². The quantitative estimate of drug-likeness (QED) is 0.560. The second kappa shape index (κ2) is 7.97. The first-order chi connectivity index (χ1) is 10.5. The number of amides is 1. The summed E-state index contributed by atoms with van der Waals surface area (Å²) >= 11 is 16.6. The number of ether oxygens (including phenoxy) is 1. The first-order valence-electron chi connectivity index (χ1n) is 6.12. The molecular weight excluding hydrogens is 411 g/mol. The topological polar surface area (TPSA) is 50.7 Å². The predicted molar refractivity (Wildman–Crippen MR) is 94.3 cm³/mol. The first kappa shape index (κ1) is 17.3. The summed E-state index contributed by atoms with van der Waals surface area (Å²) in [4.78, 5) is 12.7. The number of hydrazone groups is 1. The average Bonchev–Trinajstić information content (AvgIpc) is 2.90. The Kier molecular flexibility index (Phi) is 6.26. The molecule has 1 heterocycles. The molecule has 0 fully saturated rings. The van der Waals surface area contributed by atoms with Gasteiger partial charge in [0, 0.05) is 5.02 Å². The van der Waals surface area contributed by atoms with Crippen LogP contribution in [0.1, 0.15) is 11.8 Å². The van der Waals surface area contributed by atoms with Crippen LogP contribution in [-0.4, -0.2) is 18.2 Å². The van der Waals surface area contributed by atoms with E-state index in [1.807, 2.05) is 19.1 Å². The average molecular weight is 422 g/mol. The van der Waals surface area contributed by atoms with Gasteiger partial charge in [0.2, 0.25) is 0 Å². The monoisotopic (exact) mass is 420 g/mol. The number of nitrogens with one attached hydrogen (secondary N) is 1. The molecule has 0 bridgehead atoms. The molecule has 22 heavy (non-hydrogen) atoms. The summed E-state index contributed by atoms with van der Waals surface area (Å²) in [5.41, 5.74) is 3.15.